The molecule has 0 saturated carbocycles. The third-order valence-electron chi connectivity index (χ3n) is 2.57. The molecule has 74 valence electrons. The molecule has 0 bridgehead atoms. The Labute approximate surface area is 85.0 Å². The van der Waals surface area contributed by atoms with Crippen LogP contribution in [0.3, 0.4) is 0 Å². The summed E-state index contributed by atoms with van der Waals surface area (Å²) in [4.78, 5) is 2.37. The largest absolute Gasteiger partial charge is 0.399 e. The monoisotopic (exact) mass is 188 g/mol. The highest BCUT2D eigenvalue weighted by atomic mass is 15.1. The molecular weight excluding hydrogens is 172 g/mol. The molecule has 0 radical (unpaired) electrons. The van der Waals surface area contributed by atoms with Crippen molar-refractivity contribution in [1.82, 2.24) is 0 Å². The highest BCUT2D eigenvalue weighted by molar-refractivity contribution is 5.56. The molecule has 2 N–H and O–H groups in total. The van der Waals surface area contributed by atoms with E-state index < -0.39 is 0 Å². The molecule has 0 atom stereocenters. The SMILES string of the molecule is CC1=CCCN(c2cccc(N)c2)C1. The van der Waals surface area contributed by atoms with Gasteiger partial charge in [0.2, 0.25) is 0 Å². The standard InChI is InChI=1S/C12H16N2/c1-10-4-3-7-14(9-10)12-6-2-5-11(13)8-12/h2,4-6,8H,3,7,9,13H2,1H3. The summed E-state index contributed by atoms with van der Waals surface area (Å²) < 4.78 is 0. The Morgan fingerprint density at radius 3 is 2.93 bits per heavy atom. The van der Waals surface area contributed by atoms with Crippen molar-refractivity contribution in [2.45, 2.75) is 13.3 Å². The van der Waals surface area contributed by atoms with Gasteiger partial charge >= 0.3 is 0 Å². The van der Waals surface area contributed by atoms with Gasteiger partial charge in [-0.15, -0.1) is 0 Å². The van der Waals surface area contributed by atoms with Crippen molar-refractivity contribution >= 4 is 11.4 Å². The molecule has 2 nitrogen and oxygen atoms in total. The molecule has 0 spiro atoms. The Balaban J connectivity index is 2.19. The lowest BCUT2D eigenvalue weighted by Crippen LogP contribution is -2.28. The molecule has 2 rings (SSSR count). The van der Waals surface area contributed by atoms with E-state index in [4.69, 9.17) is 5.73 Å². The maximum absolute atomic E-state index is 5.76. The number of nitrogen functional groups attached to an aromatic ring is 1. The van der Waals surface area contributed by atoms with Gasteiger partial charge in [-0.1, -0.05) is 17.7 Å². The van der Waals surface area contributed by atoms with E-state index in [2.05, 4.69) is 24.0 Å². The molecule has 1 heterocycles. The van der Waals surface area contributed by atoms with E-state index in [1.807, 2.05) is 18.2 Å². The molecule has 0 saturated heterocycles. The predicted molar refractivity (Wildman–Crippen MR) is 61.4 cm³/mol. The quantitative estimate of drug-likeness (QED) is 0.541. The van der Waals surface area contributed by atoms with E-state index in [1.54, 1.807) is 0 Å². The van der Waals surface area contributed by atoms with Crippen LogP contribution in [0.1, 0.15) is 13.3 Å². The fourth-order valence-electron chi connectivity index (χ4n) is 1.85. The zero-order chi connectivity index (χ0) is 9.97. The number of nitrogens with two attached hydrogens (primary N) is 1. The highest BCUT2D eigenvalue weighted by Gasteiger charge is 2.10. The zero-order valence-electron chi connectivity index (χ0n) is 8.53. The minimum Gasteiger partial charge on any atom is -0.399 e. The predicted octanol–water partition coefficient (Wildman–Crippen LogP) is 2.43. The van der Waals surface area contributed by atoms with Gasteiger partial charge in [-0.2, -0.15) is 0 Å². The second-order valence-electron chi connectivity index (χ2n) is 3.86. The van der Waals surface area contributed by atoms with Crippen LogP contribution in [0.2, 0.25) is 0 Å². The average Bonchev–Trinajstić information content (AvgIpc) is 2.18. The lowest BCUT2D eigenvalue weighted by molar-refractivity contribution is 0.791. The van der Waals surface area contributed by atoms with Crippen molar-refractivity contribution < 1.29 is 0 Å². The first-order chi connectivity index (χ1) is 6.75. The summed E-state index contributed by atoms with van der Waals surface area (Å²) in [5.74, 6) is 0. The summed E-state index contributed by atoms with van der Waals surface area (Å²) in [6.45, 7) is 4.31. The van der Waals surface area contributed by atoms with Crippen LogP contribution >= 0.6 is 0 Å². The molecule has 0 amide bonds. The molecule has 0 unspecified atom stereocenters. The van der Waals surface area contributed by atoms with Crippen molar-refractivity contribution in [2.24, 2.45) is 0 Å². The number of hydrogen-bond acceptors (Lipinski definition) is 2. The van der Waals surface area contributed by atoms with Gasteiger partial charge in [0, 0.05) is 24.5 Å². The van der Waals surface area contributed by atoms with Crippen LogP contribution in [0, 0.1) is 0 Å². The maximum atomic E-state index is 5.76. The Kier molecular flexibility index (Phi) is 2.44. The van der Waals surface area contributed by atoms with Crippen LogP contribution in [0.15, 0.2) is 35.9 Å². The number of benzene rings is 1. The Bertz CT molecular complexity index is 355. The third-order valence-corrected chi connectivity index (χ3v) is 2.57. The minimum atomic E-state index is 0.842. The second-order valence-corrected chi connectivity index (χ2v) is 3.86. The summed E-state index contributed by atoms with van der Waals surface area (Å²) in [5.41, 5.74) is 9.28. The number of anilines is 2. The number of hydrogen-bond donors (Lipinski definition) is 1. The Hall–Kier alpha value is -1.44. The first-order valence-corrected chi connectivity index (χ1v) is 5.02. The van der Waals surface area contributed by atoms with Crippen LogP contribution in [0.5, 0.6) is 0 Å². The van der Waals surface area contributed by atoms with Gasteiger partial charge < -0.3 is 10.6 Å². The van der Waals surface area contributed by atoms with E-state index in [1.165, 1.54) is 11.3 Å². The van der Waals surface area contributed by atoms with Gasteiger partial charge in [-0.25, -0.2) is 0 Å². The maximum Gasteiger partial charge on any atom is 0.0389 e. The molecule has 1 aliphatic heterocycles. The fourth-order valence-corrected chi connectivity index (χ4v) is 1.85. The van der Waals surface area contributed by atoms with Crippen molar-refractivity contribution in [3.63, 3.8) is 0 Å². The Morgan fingerprint density at radius 1 is 1.36 bits per heavy atom. The van der Waals surface area contributed by atoms with E-state index in [0.717, 1.165) is 25.2 Å². The molecule has 1 aliphatic rings. The number of nitrogens with zero attached hydrogens (tertiary/aromatic N) is 1. The lowest BCUT2D eigenvalue weighted by Gasteiger charge is -2.28. The van der Waals surface area contributed by atoms with Crippen LogP contribution < -0.4 is 10.6 Å². The third kappa shape index (κ3) is 1.90. The molecule has 1 aromatic carbocycles. The van der Waals surface area contributed by atoms with Crippen molar-refractivity contribution in [1.29, 1.82) is 0 Å². The molecule has 14 heavy (non-hydrogen) atoms. The topological polar surface area (TPSA) is 29.3 Å². The van der Waals surface area contributed by atoms with Gasteiger partial charge in [0.1, 0.15) is 0 Å². The summed E-state index contributed by atoms with van der Waals surface area (Å²) in [6.07, 6.45) is 3.45. The first kappa shape index (κ1) is 9.13. The zero-order valence-corrected chi connectivity index (χ0v) is 8.53. The summed E-state index contributed by atoms with van der Waals surface area (Å²) in [7, 11) is 0. The van der Waals surface area contributed by atoms with Crippen LogP contribution in [0.25, 0.3) is 0 Å². The Morgan fingerprint density at radius 2 is 2.21 bits per heavy atom. The fraction of sp³-hybridized carbons (Fsp3) is 0.333. The molecule has 2 heteroatoms. The molecule has 0 aromatic heterocycles. The summed E-state index contributed by atoms with van der Waals surface area (Å²) >= 11 is 0. The van der Waals surface area contributed by atoms with Crippen LogP contribution in [-0.4, -0.2) is 13.1 Å². The van der Waals surface area contributed by atoms with Crippen molar-refractivity contribution in [3.05, 3.63) is 35.9 Å². The summed E-state index contributed by atoms with van der Waals surface area (Å²) in [6, 6.07) is 8.10. The summed E-state index contributed by atoms with van der Waals surface area (Å²) in [5, 5.41) is 0. The van der Waals surface area contributed by atoms with Crippen molar-refractivity contribution in [2.75, 3.05) is 23.7 Å². The van der Waals surface area contributed by atoms with Gasteiger partial charge in [-0.3, -0.25) is 0 Å². The molecular formula is C12H16N2. The van der Waals surface area contributed by atoms with Gasteiger partial charge in [-0.05, 0) is 31.5 Å². The molecule has 1 aromatic rings. The number of rotatable bonds is 1. The van der Waals surface area contributed by atoms with E-state index in [0.29, 0.717) is 0 Å². The van der Waals surface area contributed by atoms with Gasteiger partial charge in [0.15, 0.2) is 0 Å². The van der Waals surface area contributed by atoms with Gasteiger partial charge in [0.25, 0.3) is 0 Å². The van der Waals surface area contributed by atoms with Crippen LogP contribution in [-0.2, 0) is 0 Å². The second kappa shape index (κ2) is 3.74. The van der Waals surface area contributed by atoms with Crippen molar-refractivity contribution in [3.8, 4) is 0 Å². The lowest BCUT2D eigenvalue weighted by atomic mass is 10.1. The normalized spacial score (nSPS) is 16.6. The van der Waals surface area contributed by atoms with Gasteiger partial charge in [0.05, 0.1) is 0 Å². The molecule has 0 fully saturated rings. The van der Waals surface area contributed by atoms with E-state index in [-0.39, 0.29) is 0 Å². The average molecular weight is 188 g/mol. The van der Waals surface area contributed by atoms with E-state index >= 15 is 0 Å². The smallest absolute Gasteiger partial charge is 0.0389 e. The first-order valence-electron chi connectivity index (χ1n) is 5.02. The van der Waals surface area contributed by atoms with Crippen LogP contribution in [0.4, 0.5) is 11.4 Å². The minimum absolute atomic E-state index is 0.842. The molecule has 0 aliphatic carbocycles. The van der Waals surface area contributed by atoms with E-state index in [9.17, 15) is 0 Å². The highest BCUT2D eigenvalue weighted by Crippen LogP contribution is 2.21.